The van der Waals surface area contributed by atoms with Crippen molar-refractivity contribution in [1.82, 2.24) is 4.57 Å². The second-order valence-electron chi connectivity index (χ2n) is 5.12. The topological polar surface area (TPSA) is 35.1 Å². The molecule has 0 aliphatic heterocycles. The standard InChI is InChI=1S/C16H16ClNO2S/c1-3-6-18-13-5-4-11(7-14(13)20-16(18)19)15(17)12-9-21-8-10(12)2/h4-5,7-9,15H,3,6H2,1-2H3. The summed E-state index contributed by atoms with van der Waals surface area (Å²) in [6.07, 6.45) is 0.891. The Morgan fingerprint density at radius 2 is 2.19 bits per heavy atom. The molecule has 0 saturated carbocycles. The molecule has 0 N–H and O–H groups in total. The molecule has 1 unspecified atom stereocenters. The predicted octanol–water partition coefficient (Wildman–Crippen LogP) is 4.70. The molecule has 0 spiro atoms. The van der Waals surface area contributed by atoms with Crippen LogP contribution >= 0.6 is 22.9 Å². The van der Waals surface area contributed by atoms with Gasteiger partial charge in [-0.05, 0) is 52.9 Å². The van der Waals surface area contributed by atoms with Crippen molar-refractivity contribution < 1.29 is 4.42 Å². The highest BCUT2D eigenvalue weighted by Gasteiger charge is 2.16. The van der Waals surface area contributed by atoms with Crippen LogP contribution < -0.4 is 5.76 Å². The number of aromatic nitrogens is 1. The molecule has 0 aliphatic carbocycles. The van der Waals surface area contributed by atoms with E-state index in [1.165, 1.54) is 5.56 Å². The average molecular weight is 322 g/mol. The molecule has 3 nitrogen and oxygen atoms in total. The van der Waals surface area contributed by atoms with Crippen LogP contribution in [0.25, 0.3) is 11.1 Å². The van der Waals surface area contributed by atoms with Crippen LogP contribution in [-0.2, 0) is 6.54 Å². The van der Waals surface area contributed by atoms with Gasteiger partial charge in [0.25, 0.3) is 0 Å². The molecule has 3 rings (SSSR count). The quantitative estimate of drug-likeness (QED) is 0.653. The zero-order valence-corrected chi connectivity index (χ0v) is 13.5. The fourth-order valence-electron chi connectivity index (χ4n) is 2.49. The number of halogens is 1. The van der Waals surface area contributed by atoms with Gasteiger partial charge in [0.2, 0.25) is 0 Å². The summed E-state index contributed by atoms with van der Waals surface area (Å²) in [7, 11) is 0. The molecule has 0 aliphatic rings. The van der Waals surface area contributed by atoms with Crippen molar-refractivity contribution in [3.8, 4) is 0 Å². The third-order valence-electron chi connectivity index (χ3n) is 3.60. The lowest BCUT2D eigenvalue weighted by Crippen LogP contribution is -2.13. The Bertz CT molecular complexity index is 830. The zero-order valence-electron chi connectivity index (χ0n) is 11.9. The number of alkyl halides is 1. The molecule has 2 heterocycles. The Morgan fingerprint density at radius 1 is 1.38 bits per heavy atom. The third-order valence-corrected chi connectivity index (χ3v) is 4.97. The maximum Gasteiger partial charge on any atom is 0.419 e. The van der Waals surface area contributed by atoms with E-state index in [1.54, 1.807) is 15.9 Å². The number of nitrogens with zero attached hydrogens (tertiary/aromatic N) is 1. The van der Waals surface area contributed by atoms with E-state index in [4.69, 9.17) is 16.0 Å². The lowest BCUT2D eigenvalue weighted by Gasteiger charge is -2.09. The number of oxazole rings is 1. The fourth-order valence-corrected chi connectivity index (χ4v) is 3.81. The number of hydrogen-bond donors (Lipinski definition) is 0. The maximum absolute atomic E-state index is 11.9. The first-order valence-corrected chi connectivity index (χ1v) is 8.29. The van der Waals surface area contributed by atoms with Crippen LogP contribution in [0.3, 0.4) is 0 Å². The molecule has 5 heteroatoms. The van der Waals surface area contributed by atoms with Gasteiger partial charge in [-0.1, -0.05) is 13.0 Å². The van der Waals surface area contributed by atoms with Crippen molar-refractivity contribution in [2.45, 2.75) is 32.2 Å². The molecule has 3 aromatic rings. The number of hydrogen-bond acceptors (Lipinski definition) is 3. The number of thiophene rings is 1. The van der Waals surface area contributed by atoms with E-state index >= 15 is 0 Å². The van der Waals surface area contributed by atoms with Crippen LogP contribution in [0, 0.1) is 6.92 Å². The molecule has 0 fully saturated rings. The summed E-state index contributed by atoms with van der Waals surface area (Å²) in [5, 5.41) is 3.93. The smallest absolute Gasteiger partial charge is 0.408 e. The summed E-state index contributed by atoms with van der Waals surface area (Å²) >= 11 is 8.21. The van der Waals surface area contributed by atoms with Crippen molar-refractivity contribution in [2.24, 2.45) is 0 Å². The number of fused-ring (bicyclic) bond motifs is 1. The van der Waals surface area contributed by atoms with Gasteiger partial charge < -0.3 is 4.42 Å². The van der Waals surface area contributed by atoms with Gasteiger partial charge in [-0.2, -0.15) is 11.3 Å². The summed E-state index contributed by atoms with van der Waals surface area (Å²) in [6.45, 7) is 4.75. The molecule has 21 heavy (non-hydrogen) atoms. The lowest BCUT2D eigenvalue weighted by atomic mass is 10.0. The van der Waals surface area contributed by atoms with E-state index in [0.717, 1.165) is 23.1 Å². The van der Waals surface area contributed by atoms with Crippen molar-refractivity contribution in [1.29, 1.82) is 0 Å². The van der Waals surface area contributed by atoms with E-state index in [-0.39, 0.29) is 11.1 Å². The van der Waals surface area contributed by atoms with Gasteiger partial charge in [0.15, 0.2) is 5.58 Å². The summed E-state index contributed by atoms with van der Waals surface area (Å²) in [4.78, 5) is 11.9. The van der Waals surface area contributed by atoms with Crippen molar-refractivity contribution in [2.75, 3.05) is 0 Å². The van der Waals surface area contributed by atoms with Crippen LogP contribution in [0.5, 0.6) is 0 Å². The normalized spacial score (nSPS) is 12.9. The molecule has 0 amide bonds. The molecule has 1 atom stereocenters. The van der Waals surface area contributed by atoms with E-state index < -0.39 is 0 Å². The molecule has 1 aromatic carbocycles. The first-order valence-electron chi connectivity index (χ1n) is 6.92. The van der Waals surface area contributed by atoms with Gasteiger partial charge in [0.1, 0.15) is 0 Å². The average Bonchev–Trinajstić information content (AvgIpc) is 3.02. The fraction of sp³-hybridized carbons (Fsp3) is 0.312. The van der Waals surface area contributed by atoms with Gasteiger partial charge in [-0.15, -0.1) is 11.6 Å². The Labute approximate surface area is 131 Å². The molecule has 0 saturated heterocycles. The van der Waals surface area contributed by atoms with Crippen LogP contribution in [0.1, 0.15) is 35.4 Å². The molecule has 2 aromatic heterocycles. The molecule has 0 radical (unpaired) electrons. The van der Waals surface area contributed by atoms with Gasteiger partial charge in [0, 0.05) is 6.54 Å². The van der Waals surface area contributed by atoms with Crippen molar-refractivity contribution in [3.05, 3.63) is 56.2 Å². The second-order valence-corrected chi connectivity index (χ2v) is 6.30. The van der Waals surface area contributed by atoms with Gasteiger partial charge in [-0.25, -0.2) is 4.79 Å². The van der Waals surface area contributed by atoms with Gasteiger partial charge >= 0.3 is 5.76 Å². The van der Waals surface area contributed by atoms with Crippen molar-refractivity contribution >= 4 is 34.0 Å². The third kappa shape index (κ3) is 2.54. The lowest BCUT2D eigenvalue weighted by molar-refractivity contribution is 0.502. The summed E-state index contributed by atoms with van der Waals surface area (Å²) in [5.41, 5.74) is 4.67. The second kappa shape index (κ2) is 5.70. The van der Waals surface area contributed by atoms with E-state index in [1.807, 2.05) is 25.1 Å². The molecular weight excluding hydrogens is 306 g/mol. The largest absolute Gasteiger partial charge is 0.419 e. The highest BCUT2D eigenvalue weighted by molar-refractivity contribution is 7.08. The first-order chi connectivity index (χ1) is 10.1. The Kier molecular flexibility index (Phi) is 3.91. The highest BCUT2D eigenvalue weighted by Crippen LogP contribution is 2.34. The minimum atomic E-state index is -0.304. The Morgan fingerprint density at radius 3 is 2.86 bits per heavy atom. The van der Waals surface area contributed by atoms with Crippen LogP contribution in [0.15, 0.2) is 38.2 Å². The van der Waals surface area contributed by atoms with Crippen LogP contribution in [-0.4, -0.2) is 4.57 Å². The zero-order chi connectivity index (χ0) is 15.0. The van der Waals surface area contributed by atoms with E-state index in [2.05, 4.69) is 17.7 Å². The highest BCUT2D eigenvalue weighted by atomic mass is 35.5. The first kappa shape index (κ1) is 14.4. The summed E-state index contributed by atoms with van der Waals surface area (Å²) in [5.74, 6) is -0.304. The number of benzene rings is 1. The number of aryl methyl sites for hydroxylation is 2. The minimum absolute atomic E-state index is 0.222. The van der Waals surface area contributed by atoms with E-state index in [9.17, 15) is 4.79 Å². The summed E-state index contributed by atoms with van der Waals surface area (Å²) in [6, 6.07) is 5.76. The predicted molar refractivity (Wildman–Crippen MR) is 87.5 cm³/mol. The Balaban J connectivity index is 2.06. The minimum Gasteiger partial charge on any atom is -0.408 e. The van der Waals surface area contributed by atoms with Crippen LogP contribution in [0.4, 0.5) is 0 Å². The van der Waals surface area contributed by atoms with E-state index in [0.29, 0.717) is 12.1 Å². The van der Waals surface area contributed by atoms with Gasteiger partial charge in [-0.3, -0.25) is 4.57 Å². The van der Waals surface area contributed by atoms with Crippen LogP contribution in [0.2, 0.25) is 0 Å². The SMILES string of the molecule is CCCn1c(=O)oc2cc(C(Cl)c3cscc3C)ccc21. The monoisotopic (exact) mass is 321 g/mol. The molecular formula is C16H16ClNO2S. The van der Waals surface area contributed by atoms with Gasteiger partial charge in [0.05, 0.1) is 10.9 Å². The van der Waals surface area contributed by atoms with Crippen molar-refractivity contribution in [3.63, 3.8) is 0 Å². The maximum atomic E-state index is 11.9. The Hall–Kier alpha value is -1.52. The summed E-state index contributed by atoms with van der Waals surface area (Å²) < 4.78 is 7.01. The number of rotatable bonds is 4. The molecule has 0 bridgehead atoms. The molecule has 110 valence electrons.